The van der Waals surface area contributed by atoms with Crippen LogP contribution in [0.3, 0.4) is 0 Å². The van der Waals surface area contributed by atoms with Crippen LogP contribution in [0.4, 0.5) is 13.2 Å². The molecule has 1 aliphatic rings. The summed E-state index contributed by atoms with van der Waals surface area (Å²) in [6, 6.07) is 4.42. The highest BCUT2D eigenvalue weighted by Gasteiger charge is 2.30. The number of benzene rings is 1. The van der Waals surface area contributed by atoms with E-state index in [9.17, 15) is 26.4 Å². The largest absolute Gasteiger partial charge is 0.416 e. The molecule has 1 N–H and O–H groups in total. The van der Waals surface area contributed by atoms with E-state index in [1.165, 1.54) is 18.2 Å². The summed E-state index contributed by atoms with van der Waals surface area (Å²) in [4.78, 5) is 11.8. The molecular formula is C15H16F3NO3S. The molecule has 0 spiro atoms. The van der Waals surface area contributed by atoms with Gasteiger partial charge in [-0.1, -0.05) is 12.1 Å². The number of halogens is 3. The topological polar surface area (TPSA) is 63.2 Å². The summed E-state index contributed by atoms with van der Waals surface area (Å²) in [5, 5.41) is 2.66. The summed E-state index contributed by atoms with van der Waals surface area (Å²) in [5.41, 5.74) is -0.515. The van der Waals surface area contributed by atoms with Gasteiger partial charge < -0.3 is 5.32 Å². The second kappa shape index (κ2) is 6.74. The predicted molar refractivity (Wildman–Crippen MR) is 80.3 cm³/mol. The van der Waals surface area contributed by atoms with Crippen molar-refractivity contribution in [1.29, 1.82) is 0 Å². The predicted octanol–water partition coefficient (Wildman–Crippen LogP) is 2.41. The molecular weight excluding hydrogens is 331 g/mol. The van der Waals surface area contributed by atoms with E-state index in [1.54, 1.807) is 0 Å². The number of rotatable bonds is 3. The van der Waals surface area contributed by atoms with Crippen molar-refractivity contribution in [1.82, 2.24) is 5.32 Å². The summed E-state index contributed by atoms with van der Waals surface area (Å²) in [6.07, 6.45) is -1.28. The number of carbonyl (C=O) groups is 1. The van der Waals surface area contributed by atoms with Crippen molar-refractivity contribution in [3.8, 4) is 0 Å². The molecule has 1 saturated heterocycles. The molecule has 0 saturated carbocycles. The van der Waals surface area contributed by atoms with Crippen LogP contribution in [0, 0.1) is 0 Å². The van der Waals surface area contributed by atoms with E-state index in [0.717, 1.165) is 18.2 Å². The molecule has 0 aliphatic carbocycles. The Balaban J connectivity index is 1.94. The van der Waals surface area contributed by atoms with Crippen LogP contribution in [-0.4, -0.2) is 31.9 Å². The maximum Gasteiger partial charge on any atom is 0.416 e. The first-order valence-corrected chi connectivity index (χ1v) is 8.84. The Morgan fingerprint density at radius 2 is 1.87 bits per heavy atom. The van der Waals surface area contributed by atoms with Gasteiger partial charge in [-0.3, -0.25) is 4.79 Å². The third kappa shape index (κ3) is 5.38. The Hall–Kier alpha value is -1.83. The molecule has 2 rings (SSSR count). The van der Waals surface area contributed by atoms with E-state index in [1.807, 2.05) is 0 Å². The Kier molecular flexibility index (Phi) is 5.13. The van der Waals surface area contributed by atoms with Crippen LogP contribution in [0.5, 0.6) is 0 Å². The molecule has 4 nitrogen and oxygen atoms in total. The Morgan fingerprint density at radius 1 is 1.22 bits per heavy atom. The van der Waals surface area contributed by atoms with E-state index in [-0.39, 0.29) is 23.1 Å². The number of alkyl halides is 3. The van der Waals surface area contributed by atoms with Crippen molar-refractivity contribution in [2.45, 2.75) is 25.1 Å². The molecule has 23 heavy (non-hydrogen) atoms. The average Bonchev–Trinajstić information content (AvgIpc) is 2.47. The summed E-state index contributed by atoms with van der Waals surface area (Å²) in [7, 11) is -3.00. The lowest BCUT2D eigenvalue weighted by Gasteiger charge is -2.22. The fraction of sp³-hybridized carbons (Fsp3) is 0.400. The fourth-order valence-electron chi connectivity index (χ4n) is 2.27. The molecule has 8 heteroatoms. The highest BCUT2D eigenvalue weighted by Crippen LogP contribution is 2.29. The summed E-state index contributed by atoms with van der Waals surface area (Å²) in [5.74, 6) is -0.378. The number of hydrogen-bond donors (Lipinski definition) is 1. The van der Waals surface area contributed by atoms with Crippen molar-refractivity contribution in [3.63, 3.8) is 0 Å². The number of amides is 1. The molecule has 1 aliphatic heterocycles. The molecule has 1 amide bonds. The van der Waals surface area contributed by atoms with Crippen LogP contribution in [0.2, 0.25) is 0 Å². The van der Waals surface area contributed by atoms with E-state index >= 15 is 0 Å². The number of sulfone groups is 1. The number of hydrogen-bond acceptors (Lipinski definition) is 3. The second-order valence-electron chi connectivity index (χ2n) is 5.39. The van der Waals surface area contributed by atoms with E-state index in [2.05, 4.69) is 5.32 Å². The number of carbonyl (C=O) groups excluding carboxylic acids is 1. The molecule has 0 aromatic heterocycles. The normalized spacial score (nSPS) is 18.9. The van der Waals surface area contributed by atoms with Gasteiger partial charge in [0, 0.05) is 12.1 Å². The van der Waals surface area contributed by atoms with Crippen LogP contribution in [0.25, 0.3) is 6.08 Å². The Morgan fingerprint density at radius 3 is 2.48 bits per heavy atom. The van der Waals surface area contributed by atoms with E-state index in [4.69, 9.17) is 0 Å². The molecule has 1 fully saturated rings. The SMILES string of the molecule is O=C(C=Cc1cccc(C(F)(F)F)c1)NC1CCS(=O)(=O)CC1. The zero-order valence-electron chi connectivity index (χ0n) is 12.1. The monoisotopic (exact) mass is 347 g/mol. The third-order valence-electron chi connectivity index (χ3n) is 3.54. The number of nitrogens with one attached hydrogen (secondary N) is 1. The summed E-state index contributed by atoms with van der Waals surface area (Å²) in [6.45, 7) is 0. The minimum absolute atomic E-state index is 0.0370. The minimum Gasteiger partial charge on any atom is -0.350 e. The zero-order valence-corrected chi connectivity index (χ0v) is 13.0. The maximum absolute atomic E-state index is 12.6. The van der Waals surface area contributed by atoms with Crippen molar-refractivity contribution >= 4 is 21.8 Å². The quantitative estimate of drug-likeness (QED) is 0.854. The van der Waals surface area contributed by atoms with Gasteiger partial charge in [0.15, 0.2) is 0 Å². The van der Waals surface area contributed by atoms with Gasteiger partial charge in [-0.15, -0.1) is 0 Å². The Bertz CT molecular complexity index is 697. The molecule has 1 aromatic carbocycles. The summed E-state index contributed by atoms with van der Waals surface area (Å²) >= 11 is 0. The van der Waals surface area contributed by atoms with Gasteiger partial charge in [0.25, 0.3) is 0 Å². The Labute approximate surface area is 132 Å². The van der Waals surface area contributed by atoms with E-state index in [0.29, 0.717) is 12.8 Å². The van der Waals surface area contributed by atoms with Gasteiger partial charge in [-0.25, -0.2) is 8.42 Å². The van der Waals surface area contributed by atoms with Crippen molar-refractivity contribution in [2.75, 3.05) is 11.5 Å². The zero-order chi connectivity index (χ0) is 17.1. The van der Waals surface area contributed by atoms with Gasteiger partial charge in [0.1, 0.15) is 9.84 Å². The molecule has 126 valence electrons. The first-order valence-electron chi connectivity index (χ1n) is 7.02. The molecule has 1 heterocycles. The van der Waals surface area contributed by atoms with Gasteiger partial charge in [0.05, 0.1) is 17.1 Å². The van der Waals surface area contributed by atoms with Gasteiger partial charge in [0.2, 0.25) is 5.91 Å². The van der Waals surface area contributed by atoms with Crippen LogP contribution in [0.15, 0.2) is 30.3 Å². The lowest BCUT2D eigenvalue weighted by atomic mass is 10.1. The molecule has 1 aromatic rings. The molecule has 0 bridgehead atoms. The second-order valence-corrected chi connectivity index (χ2v) is 7.69. The minimum atomic E-state index is -4.43. The van der Waals surface area contributed by atoms with E-state index < -0.39 is 27.5 Å². The van der Waals surface area contributed by atoms with Gasteiger partial charge in [-0.05, 0) is 36.6 Å². The smallest absolute Gasteiger partial charge is 0.350 e. The van der Waals surface area contributed by atoms with Crippen LogP contribution < -0.4 is 5.32 Å². The van der Waals surface area contributed by atoms with Gasteiger partial charge in [-0.2, -0.15) is 13.2 Å². The molecule has 0 atom stereocenters. The fourth-order valence-corrected chi connectivity index (χ4v) is 3.77. The molecule has 0 radical (unpaired) electrons. The van der Waals surface area contributed by atoms with Crippen molar-refractivity contribution in [2.24, 2.45) is 0 Å². The van der Waals surface area contributed by atoms with Crippen LogP contribution >= 0.6 is 0 Å². The highest BCUT2D eigenvalue weighted by atomic mass is 32.2. The summed E-state index contributed by atoms with van der Waals surface area (Å²) < 4.78 is 60.3. The van der Waals surface area contributed by atoms with Crippen molar-refractivity contribution in [3.05, 3.63) is 41.5 Å². The lowest BCUT2D eigenvalue weighted by molar-refractivity contribution is -0.137. The van der Waals surface area contributed by atoms with Crippen LogP contribution in [0.1, 0.15) is 24.0 Å². The van der Waals surface area contributed by atoms with Crippen molar-refractivity contribution < 1.29 is 26.4 Å². The third-order valence-corrected chi connectivity index (χ3v) is 5.26. The molecule has 0 unspecified atom stereocenters. The first-order chi connectivity index (χ1) is 10.7. The van der Waals surface area contributed by atoms with Gasteiger partial charge >= 0.3 is 6.18 Å². The average molecular weight is 347 g/mol. The van der Waals surface area contributed by atoms with Crippen LogP contribution in [-0.2, 0) is 20.8 Å². The lowest BCUT2D eigenvalue weighted by Crippen LogP contribution is -2.40. The first kappa shape index (κ1) is 17.5. The maximum atomic E-state index is 12.6. The highest BCUT2D eigenvalue weighted by molar-refractivity contribution is 7.91. The standard InChI is InChI=1S/C15H16F3NO3S/c16-15(17,18)12-3-1-2-11(10-12)4-5-14(20)19-13-6-8-23(21,22)9-7-13/h1-5,10,13H,6-9H2,(H,19,20).